The van der Waals surface area contributed by atoms with Gasteiger partial charge < -0.3 is 14.4 Å². The van der Waals surface area contributed by atoms with Crippen LogP contribution in [0.25, 0.3) is 11.1 Å². The molecule has 3 aromatic rings. The second-order valence-corrected chi connectivity index (χ2v) is 5.60. The topological polar surface area (TPSA) is 116 Å². The van der Waals surface area contributed by atoms with E-state index in [2.05, 4.69) is 5.16 Å². The minimum absolute atomic E-state index is 0.0107. The molecule has 0 bridgehead atoms. The van der Waals surface area contributed by atoms with E-state index in [1.807, 2.05) is 0 Å². The smallest absolute Gasteiger partial charge is 0.358 e. The molecule has 0 saturated heterocycles. The summed E-state index contributed by atoms with van der Waals surface area (Å²) in [5.41, 5.74) is 0.686. The largest absolute Gasteiger partial charge is 0.476 e. The fourth-order valence-electron chi connectivity index (χ4n) is 2.32. The Labute approximate surface area is 151 Å². The zero-order valence-corrected chi connectivity index (χ0v) is 13.8. The van der Waals surface area contributed by atoms with E-state index < -0.39 is 10.9 Å². The van der Waals surface area contributed by atoms with E-state index in [0.29, 0.717) is 11.1 Å². The van der Waals surface area contributed by atoms with Crippen molar-refractivity contribution in [2.24, 2.45) is 0 Å². The van der Waals surface area contributed by atoms with Crippen molar-refractivity contribution in [3.05, 3.63) is 74.9 Å². The van der Waals surface area contributed by atoms with E-state index in [1.165, 1.54) is 12.1 Å². The third kappa shape index (κ3) is 3.50. The van der Waals surface area contributed by atoms with E-state index in [0.717, 1.165) is 0 Å². The van der Waals surface area contributed by atoms with Gasteiger partial charge in [0.25, 0.3) is 5.69 Å². The zero-order chi connectivity index (χ0) is 18.7. The van der Waals surface area contributed by atoms with Gasteiger partial charge in [-0.3, -0.25) is 10.1 Å². The van der Waals surface area contributed by atoms with Gasteiger partial charge >= 0.3 is 11.9 Å². The number of carboxylic acid groups (broad SMARTS) is 1. The average molecular weight is 375 g/mol. The second-order valence-electron chi connectivity index (χ2n) is 5.20. The van der Waals surface area contributed by atoms with Crippen molar-refractivity contribution in [3.63, 3.8) is 0 Å². The molecular formula is C17H11ClN2O6. The first-order chi connectivity index (χ1) is 12.5. The predicted octanol–water partition coefficient (Wildman–Crippen LogP) is 4.18. The van der Waals surface area contributed by atoms with Gasteiger partial charge in [0.2, 0.25) is 5.69 Å². The number of halogens is 1. The second kappa shape index (κ2) is 7.24. The number of nitrogens with zero attached hydrogens (tertiary/aromatic N) is 2. The van der Waals surface area contributed by atoms with Gasteiger partial charge in [-0.2, -0.15) is 0 Å². The maximum absolute atomic E-state index is 11.4. The molecule has 0 fully saturated rings. The lowest BCUT2D eigenvalue weighted by Gasteiger charge is -2.06. The first-order valence-corrected chi connectivity index (χ1v) is 7.69. The Morgan fingerprint density at radius 1 is 1.27 bits per heavy atom. The fraction of sp³-hybridized carbons (Fsp3) is 0.0588. The van der Waals surface area contributed by atoms with Crippen LogP contribution in [-0.2, 0) is 6.61 Å². The van der Waals surface area contributed by atoms with Crippen molar-refractivity contribution in [2.75, 3.05) is 0 Å². The summed E-state index contributed by atoms with van der Waals surface area (Å²) in [4.78, 5) is 21.7. The first kappa shape index (κ1) is 17.4. The van der Waals surface area contributed by atoms with Crippen LogP contribution >= 0.6 is 11.6 Å². The van der Waals surface area contributed by atoms with Gasteiger partial charge in [0.05, 0.1) is 4.92 Å². The number of nitro benzene ring substituents is 1. The number of aromatic carboxylic acids is 1. The van der Waals surface area contributed by atoms with E-state index in [-0.39, 0.29) is 34.5 Å². The maximum Gasteiger partial charge on any atom is 0.358 e. The summed E-state index contributed by atoms with van der Waals surface area (Å²) in [6.45, 7) is -0.0912. The van der Waals surface area contributed by atoms with E-state index in [1.54, 1.807) is 36.4 Å². The molecule has 0 saturated carbocycles. The van der Waals surface area contributed by atoms with Crippen LogP contribution < -0.4 is 4.74 Å². The third-order valence-electron chi connectivity index (χ3n) is 3.50. The lowest BCUT2D eigenvalue weighted by Crippen LogP contribution is -2.01. The Balaban J connectivity index is 1.91. The van der Waals surface area contributed by atoms with Crippen molar-refractivity contribution in [1.29, 1.82) is 0 Å². The quantitative estimate of drug-likeness (QED) is 0.508. The van der Waals surface area contributed by atoms with Crippen molar-refractivity contribution in [3.8, 4) is 17.1 Å². The van der Waals surface area contributed by atoms with Crippen molar-refractivity contribution in [1.82, 2.24) is 5.16 Å². The van der Waals surface area contributed by atoms with Crippen molar-refractivity contribution in [2.45, 2.75) is 6.61 Å². The highest BCUT2D eigenvalue weighted by Crippen LogP contribution is 2.34. The number of hydrogen-bond donors (Lipinski definition) is 1. The van der Waals surface area contributed by atoms with Crippen LogP contribution in [0.1, 0.15) is 16.1 Å². The molecule has 0 unspecified atom stereocenters. The molecule has 9 heteroatoms. The number of aromatic nitrogens is 1. The number of carboxylic acids is 1. The standard InChI is InChI=1S/C17H11ClN2O6/c18-12-7-6-10(8-13(12)20(23)24)9-25-17-14(11-4-2-1-3-5-11)15(16(21)22)19-26-17/h1-8H,9H2,(H,21,22). The highest BCUT2D eigenvalue weighted by molar-refractivity contribution is 6.32. The van der Waals surface area contributed by atoms with Gasteiger partial charge in [0, 0.05) is 6.07 Å². The molecule has 132 valence electrons. The normalized spacial score (nSPS) is 10.5. The number of ether oxygens (including phenoxy) is 1. The molecular weight excluding hydrogens is 364 g/mol. The highest BCUT2D eigenvalue weighted by atomic mass is 35.5. The SMILES string of the molecule is O=C(O)c1noc(OCc2ccc(Cl)c([N+](=O)[O-])c2)c1-c1ccccc1. The first-order valence-electron chi connectivity index (χ1n) is 7.31. The van der Waals surface area contributed by atoms with Crippen molar-refractivity contribution >= 4 is 23.3 Å². The molecule has 0 aliphatic carbocycles. The van der Waals surface area contributed by atoms with Gasteiger partial charge in [-0.25, -0.2) is 4.79 Å². The van der Waals surface area contributed by atoms with Crippen LogP contribution in [0.5, 0.6) is 5.95 Å². The predicted molar refractivity (Wildman–Crippen MR) is 91.3 cm³/mol. The lowest BCUT2D eigenvalue weighted by atomic mass is 10.1. The fourth-order valence-corrected chi connectivity index (χ4v) is 2.50. The Hall–Kier alpha value is -3.39. The molecule has 3 rings (SSSR count). The van der Waals surface area contributed by atoms with Gasteiger partial charge in [-0.05, 0) is 17.2 Å². The summed E-state index contributed by atoms with van der Waals surface area (Å²) in [5, 5.41) is 23.8. The molecule has 0 atom stereocenters. The minimum Gasteiger partial charge on any atom is -0.476 e. The molecule has 0 radical (unpaired) electrons. The summed E-state index contributed by atoms with van der Waals surface area (Å²) in [7, 11) is 0. The van der Waals surface area contributed by atoms with Crippen LogP contribution in [-0.4, -0.2) is 21.2 Å². The summed E-state index contributed by atoms with van der Waals surface area (Å²) in [6, 6.07) is 12.9. The van der Waals surface area contributed by atoms with Gasteiger partial charge in [-0.1, -0.05) is 53.2 Å². The summed E-state index contributed by atoms with van der Waals surface area (Å²) in [6.07, 6.45) is 0. The molecule has 1 aromatic heterocycles. The molecule has 1 N–H and O–H groups in total. The van der Waals surface area contributed by atoms with Gasteiger partial charge in [-0.15, -0.1) is 0 Å². The average Bonchev–Trinajstić information content (AvgIpc) is 3.05. The van der Waals surface area contributed by atoms with Gasteiger partial charge in [0.1, 0.15) is 17.2 Å². The molecule has 8 nitrogen and oxygen atoms in total. The Morgan fingerprint density at radius 3 is 2.65 bits per heavy atom. The van der Waals surface area contributed by atoms with Crippen LogP contribution in [0.15, 0.2) is 53.1 Å². The molecule has 1 heterocycles. The van der Waals surface area contributed by atoms with Crippen LogP contribution in [0, 0.1) is 10.1 Å². The molecule has 2 aromatic carbocycles. The number of rotatable bonds is 6. The summed E-state index contributed by atoms with van der Waals surface area (Å²) < 4.78 is 10.5. The summed E-state index contributed by atoms with van der Waals surface area (Å²) in [5.74, 6) is -1.35. The van der Waals surface area contributed by atoms with E-state index >= 15 is 0 Å². The Kier molecular flexibility index (Phi) is 4.85. The molecule has 0 aliphatic heterocycles. The van der Waals surface area contributed by atoms with Crippen LogP contribution in [0.3, 0.4) is 0 Å². The Bertz CT molecular complexity index is 971. The summed E-state index contributed by atoms with van der Waals surface area (Å²) >= 11 is 5.78. The van der Waals surface area contributed by atoms with Crippen LogP contribution in [0.4, 0.5) is 5.69 Å². The van der Waals surface area contributed by atoms with E-state index in [4.69, 9.17) is 20.9 Å². The number of hydrogen-bond acceptors (Lipinski definition) is 6. The lowest BCUT2D eigenvalue weighted by molar-refractivity contribution is -0.384. The highest BCUT2D eigenvalue weighted by Gasteiger charge is 2.24. The third-order valence-corrected chi connectivity index (χ3v) is 3.82. The molecule has 26 heavy (non-hydrogen) atoms. The number of nitro groups is 1. The molecule has 0 spiro atoms. The number of benzene rings is 2. The van der Waals surface area contributed by atoms with E-state index in [9.17, 15) is 20.0 Å². The monoisotopic (exact) mass is 374 g/mol. The maximum atomic E-state index is 11.4. The zero-order valence-electron chi connectivity index (χ0n) is 13.1. The van der Waals surface area contributed by atoms with Crippen molar-refractivity contribution < 1.29 is 24.1 Å². The molecule has 0 aliphatic rings. The van der Waals surface area contributed by atoms with Crippen LogP contribution in [0.2, 0.25) is 5.02 Å². The Morgan fingerprint density at radius 2 is 2.00 bits per heavy atom. The minimum atomic E-state index is -1.26. The number of carbonyl (C=O) groups is 1. The molecule has 0 amide bonds. The van der Waals surface area contributed by atoms with Gasteiger partial charge in [0.15, 0.2) is 0 Å².